The number of nitrogens with one attached hydrogen (secondary N) is 2. The van der Waals surface area contributed by atoms with Crippen molar-refractivity contribution in [2.24, 2.45) is 4.99 Å². The van der Waals surface area contributed by atoms with Gasteiger partial charge in [0.15, 0.2) is 5.96 Å². The summed E-state index contributed by atoms with van der Waals surface area (Å²) < 4.78 is 16.1. The van der Waals surface area contributed by atoms with Gasteiger partial charge in [-0.2, -0.15) is 0 Å². The summed E-state index contributed by atoms with van der Waals surface area (Å²) in [5.74, 6) is 3.26. The van der Waals surface area contributed by atoms with Crippen LogP contribution < -0.4 is 24.8 Å². The lowest BCUT2D eigenvalue weighted by Gasteiger charge is -2.15. The first-order valence-corrected chi connectivity index (χ1v) is 8.49. The van der Waals surface area contributed by atoms with Crippen molar-refractivity contribution in [2.45, 2.75) is 13.0 Å². The predicted molar refractivity (Wildman–Crippen MR) is 104 cm³/mol. The van der Waals surface area contributed by atoms with E-state index < -0.39 is 0 Å². The van der Waals surface area contributed by atoms with E-state index in [1.165, 1.54) is 0 Å². The molecule has 0 aliphatic rings. The second-order valence-corrected chi connectivity index (χ2v) is 5.59. The largest absolute Gasteiger partial charge is 0.497 e. The Morgan fingerprint density at radius 1 is 0.885 bits per heavy atom. The molecule has 0 radical (unpaired) electrons. The zero-order valence-electron chi connectivity index (χ0n) is 15.8. The molecule has 6 heteroatoms. The maximum Gasteiger partial charge on any atom is 0.191 e. The molecule has 0 amide bonds. The van der Waals surface area contributed by atoms with E-state index >= 15 is 0 Å². The highest BCUT2D eigenvalue weighted by molar-refractivity contribution is 5.79. The third-order valence-electron chi connectivity index (χ3n) is 4.04. The summed E-state index contributed by atoms with van der Waals surface area (Å²) in [5.41, 5.74) is 2.16. The number of hydrogen-bond donors (Lipinski definition) is 2. The molecule has 0 heterocycles. The number of rotatable bonds is 8. The smallest absolute Gasteiger partial charge is 0.191 e. The average Bonchev–Trinajstić information content (AvgIpc) is 2.70. The first kappa shape index (κ1) is 19.4. The van der Waals surface area contributed by atoms with Gasteiger partial charge in [-0.05, 0) is 36.2 Å². The summed E-state index contributed by atoms with van der Waals surface area (Å²) in [7, 11) is 6.76. The molecule has 2 aromatic rings. The SMILES string of the molecule is CN=C(NCCc1cc(OC)ccc1OC)NCc1ccccc1OC. The summed E-state index contributed by atoms with van der Waals surface area (Å²) in [6.07, 6.45) is 0.787. The number of guanidine groups is 1. The topological polar surface area (TPSA) is 64.1 Å². The van der Waals surface area contributed by atoms with Gasteiger partial charge >= 0.3 is 0 Å². The Morgan fingerprint density at radius 2 is 1.62 bits per heavy atom. The third kappa shape index (κ3) is 5.31. The van der Waals surface area contributed by atoms with Gasteiger partial charge in [-0.3, -0.25) is 4.99 Å². The van der Waals surface area contributed by atoms with Crippen LogP contribution in [-0.4, -0.2) is 40.9 Å². The third-order valence-corrected chi connectivity index (χ3v) is 4.04. The average molecular weight is 357 g/mol. The number of nitrogens with zero attached hydrogens (tertiary/aromatic N) is 1. The Balaban J connectivity index is 1.89. The summed E-state index contributed by atoms with van der Waals surface area (Å²) in [6.45, 7) is 1.35. The van der Waals surface area contributed by atoms with E-state index in [4.69, 9.17) is 14.2 Å². The van der Waals surface area contributed by atoms with Crippen LogP contribution in [0.15, 0.2) is 47.5 Å². The Morgan fingerprint density at radius 3 is 2.31 bits per heavy atom. The fraction of sp³-hybridized carbons (Fsp3) is 0.350. The normalized spacial score (nSPS) is 11.0. The highest BCUT2D eigenvalue weighted by Crippen LogP contribution is 2.24. The lowest BCUT2D eigenvalue weighted by molar-refractivity contribution is 0.398. The molecule has 0 aliphatic carbocycles. The summed E-state index contributed by atoms with van der Waals surface area (Å²) in [5, 5.41) is 6.62. The van der Waals surface area contributed by atoms with Gasteiger partial charge in [0.1, 0.15) is 17.2 Å². The monoisotopic (exact) mass is 357 g/mol. The van der Waals surface area contributed by atoms with Crippen LogP contribution in [0.2, 0.25) is 0 Å². The van der Waals surface area contributed by atoms with Crippen molar-refractivity contribution in [3.05, 3.63) is 53.6 Å². The maximum absolute atomic E-state index is 5.42. The fourth-order valence-electron chi connectivity index (χ4n) is 2.64. The second-order valence-electron chi connectivity index (χ2n) is 5.59. The highest BCUT2D eigenvalue weighted by Gasteiger charge is 2.07. The van der Waals surface area contributed by atoms with Gasteiger partial charge in [0.05, 0.1) is 21.3 Å². The first-order chi connectivity index (χ1) is 12.7. The van der Waals surface area contributed by atoms with Crippen molar-refractivity contribution in [2.75, 3.05) is 34.9 Å². The fourth-order valence-corrected chi connectivity index (χ4v) is 2.64. The number of para-hydroxylation sites is 1. The number of benzene rings is 2. The molecule has 26 heavy (non-hydrogen) atoms. The molecule has 0 atom stereocenters. The van der Waals surface area contributed by atoms with Gasteiger partial charge < -0.3 is 24.8 Å². The zero-order valence-corrected chi connectivity index (χ0v) is 15.8. The van der Waals surface area contributed by atoms with E-state index in [9.17, 15) is 0 Å². The molecule has 0 aliphatic heterocycles. The van der Waals surface area contributed by atoms with Gasteiger partial charge in [-0.15, -0.1) is 0 Å². The van der Waals surface area contributed by atoms with Crippen LogP contribution in [0.25, 0.3) is 0 Å². The summed E-state index contributed by atoms with van der Waals surface area (Å²) in [6, 6.07) is 13.7. The minimum absolute atomic E-state index is 0.631. The Bertz CT molecular complexity index is 732. The van der Waals surface area contributed by atoms with E-state index in [1.54, 1.807) is 28.4 Å². The molecule has 0 spiro atoms. The number of aliphatic imine (C=N–C) groups is 1. The summed E-state index contributed by atoms with van der Waals surface area (Å²) in [4.78, 5) is 4.26. The van der Waals surface area contributed by atoms with E-state index in [1.807, 2.05) is 42.5 Å². The Labute approximate surface area is 155 Å². The van der Waals surface area contributed by atoms with Crippen LogP contribution in [0.4, 0.5) is 0 Å². The lowest BCUT2D eigenvalue weighted by Crippen LogP contribution is -2.37. The first-order valence-electron chi connectivity index (χ1n) is 8.49. The molecule has 140 valence electrons. The molecule has 0 fully saturated rings. The molecule has 6 nitrogen and oxygen atoms in total. The van der Waals surface area contributed by atoms with E-state index in [0.29, 0.717) is 6.54 Å². The van der Waals surface area contributed by atoms with Crippen molar-refractivity contribution in [3.63, 3.8) is 0 Å². The molecule has 0 aromatic heterocycles. The Hall–Kier alpha value is -2.89. The molecule has 2 rings (SSSR count). The molecule has 2 aromatic carbocycles. The van der Waals surface area contributed by atoms with Crippen LogP contribution in [0.1, 0.15) is 11.1 Å². The van der Waals surface area contributed by atoms with Gasteiger partial charge in [-0.1, -0.05) is 18.2 Å². The minimum Gasteiger partial charge on any atom is -0.497 e. The Kier molecular flexibility index (Phi) is 7.61. The van der Waals surface area contributed by atoms with E-state index in [0.717, 1.165) is 47.3 Å². The number of methoxy groups -OCH3 is 3. The van der Waals surface area contributed by atoms with Crippen LogP contribution >= 0.6 is 0 Å². The van der Waals surface area contributed by atoms with Crippen molar-refractivity contribution >= 4 is 5.96 Å². The number of hydrogen-bond acceptors (Lipinski definition) is 4. The molecule has 2 N–H and O–H groups in total. The van der Waals surface area contributed by atoms with Gasteiger partial charge in [0, 0.05) is 25.7 Å². The number of ether oxygens (including phenoxy) is 3. The molecule has 0 saturated carbocycles. The van der Waals surface area contributed by atoms with E-state index in [-0.39, 0.29) is 0 Å². The quantitative estimate of drug-likeness (QED) is 0.562. The molecular weight excluding hydrogens is 330 g/mol. The van der Waals surface area contributed by atoms with Crippen molar-refractivity contribution in [1.82, 2.24) is 10.6 Å². The highest BCUT2D eigenvalue weighted by atomic mass is 16.5. The van der Waals surface area contributed by atoms with Crippen molar-refractivity contribution in [3.8, 4) is 17.2 Å². The van der Waals surface area contributed by atoms with Crippen LogP contribution in [0, 0.1) is 0 Å². The molecule has 0 saturated heterocycles. The summed E-state index contributed by atoms with van der Waals surface area (Å²) >= 11 is 0. The lowest BCUT2D eigenvalue weighted by atomic mass is 10.1. The predicted octanol–water partition coefficient (Wildman–Crippen LogP) is 2.62. The standard InChI is InChI=1S/C20H27N3O3/c1-21-20(23-14-16-7-5-6-8-18(16)25-3)22-12-11-15-13-17(24-2)9-10-19(15)26-4/h5-10,13H,11-12,14H2,1-4H3,(H2,21,22,23). The van der Waals surface area contributed by atoms with Crippen LogP contribution in [0.3, 0.4) is 0 Å². The van der Waals surface area contributed by atoms with Gasteiger partial charge in [-0.25, -0.2) is 0 Å². The van der Waals surface area contributed by atoms with Gasteiger partial charge in [0.25, 0.3) is 0 Å². The minimum atomic E-state index is 0.631. The van der Waals surface area contributed by atoms with Gasteiger partial charge in [0.2, 0.25) is 0 Å². The molecule has 0 unspecified atom stereocenters. The maximum atomic E-state index is 5.42. The van der Waals surface area contributed by atoms with Crippen molar-refractivity contribution in [1.29, 1.82) is 0 Å². The van der Waals surface area contributed by atoms with Crippen LogP contribution in [-0.2, 0) is 13.0 Å². The zero-order chi connectivity index (χ0) is 18.8. The molecular formula is C20H27N3O3. The second kappa shape index (κ2) is 10.2. The van der Waals surface area contributed by atoms with Crippen molar-refractivity contribution < 1.29 is 14.2 Å². The van der Waals surface area contributed by atoms with Crippen LogP contribution in [0.5, 0.6) is 17.2 Å². The molecule has 0 bridgehead atoms. The van der Waals surface area contributed by atoms with E-state index in [2.05, 4.69) is 15.6 Å².